The lowest BCUT2D eigenvalue weighted by Gasteiger charge is -2.07. The normalized spacial score (nSPS) is 34.9. The van der Waals surface area contributed by atoms with Crippen LogP contribution in [0.15, 0.2) is 0 Å². The van der Waals surface area contributed by atoms with E-state index in [4.69, 9.17) is 16.7 Å². The molecular weight excluding hydrogens is 142 g/mol. The van der Waals surface area contributed by atoms with Gasteiger partial charge >= 0.3 is 0 Å². The molecule has 1 aliphatic rings. The summed E-state index contributed by atoms with van der Waals surface area (Å²) in [6.07, 6.45) is 0.0262. The maximum Gasteiger partial charge on any atom is 0.241 e. The molecule has 0 aromatic carbocycles. The molecule has 0 aromatic heterocycles. The average Bonchev–Trinajstić information content (AvgIpc) is 2.13. The molecule has 1 heterocycles. The van der Waals surface area contributed by atoms with E-state index in [0.717, 1.165) is 0 Å². The fraction of sp³-hybridized carbons (Fsp3) is 0.800. The van der Waals surface area contributed by atoms with Gasteiger partial charge in [-0.05, 0) is 24.6 Å². The van der Waals surface area contributed by atoms with E-state index in [1.54, 1.807) is 0 Å². The van der Waals surface area contributed by atoms with Crippen LogP contribution in [0, 0.1) is 0 Å². The smallest absolute Gasteiger partial charge is 0.241 e. The molecule has 2 atom stereocenters. The Labute approximate surface area is 58.0 Å². The number of halogens is 1. The number of hydrogen-bond donors (Lipinski definition) is 2. The maximum absolute atomic E-state index is 10.4. The zero-order valence-corrected chi connectivity index (χ0v) is 5.56. The van der Waals surface area contributed by atoms with Gasteiger partial charge in [0.25, 0.3) is 0 Å². The van der Waals surface area contributed by atoms with Crippen molar-refractivity contribution < 1.29 is 9.90 Å². The van der Waals surface area contributed by atoms with E-state index < -0.39 is 17.4 Å². The number of aliphatic hydroxyl groups excluding tert-OH is 1. The van der Waals surface area contributed by atoms with Gasteiger partial charge in [-0.2, -0.15) is 0 Å². The lowest BCUT2D eigenvalue weighted by molar-refractivity contribution is -0.114. The molecule has 0 saturated carbocycles. The highest BCUT2D eigenvalue weighted by Gasteiger charge is 2.29. The third-order valence-corrected chi connectivity index (χ3v) is 1.67. The van der Waals surface area contributed by atoms with Crippen LogP contribution >= 0.6 is 11.6 Å². The van der Waals surface area contributed by atoms with Gasteiger partial charge in [0, 0.05) is 0 Å². The lowest BCUT2D eigenvalue weighted by atomic mass is 10.2. The van der Waals surface area contributed by atoms with Gasteiger partial charge in [0.2, 0.25) is 5.24 Å². The summed E-state index contributed by atoms with van der Waals surface area (Å²) in [6, 6.07) is -0.535. The molecule has 9 heavy (non-hydrogen) atoms. The molecule has 0 bridgehead atoms. The topological polar surface area (TPSA) is 49.3 Å². The molecule has 1 rings (SSSR count). The molecule has 0 amide bonds. The van der Waals surface area contributed by atoms with Crippen LogP contribution in [0.25, 0.3) is 0 Å². The van der Waals surface area contributed by atoms with Crippen molar-refractivity contribution in [1.82, 2.24) is 5.32 Å². The molecule has 0 aliphatic carbocycles. The first kappa shape index (κ1) is 6.99. The second-order valence-electron chi connectivity index (χ2n) is 2.09. The van der Waals surface area contributed by atoms with Gasteiger partial charge in [-0.1, -0.05) is 0 Å². The molecule has 1 fully saturated rings. The van der Waals surface area contributed by atoms with Crippen LogP contribution in [0.2, 0.25) is 0 Å². The van der Waals surface area contributed by atoms with E-state index in [1.807, 2.05) is 0 Å². The standard InChI is InChI=1S/C5H8ClNO2/c6-5(9)4-3(8)1-2-7-4/h3-4,7-8H,1-2H2/t3?,4-/m0/s1. The second kappa shape index (κ2) is 2.64. The Morgan fingerprint density at radius 3 is 2.67 bits per heavy atom. The van der Waals surface area contributed by atoms with Crippen LogP contribution in [0.1, 0.15) is 6.42 Å². The van der Waals surface area contributed by atoms with Crippen molar-refractivity contribution in [2.24, 2.45) is 0 Å². The largest absolute Gasteiger partial charge is 0.391 e. The monoisotopic (exact) mass is 149 g/mol. The minimum absolute atomic E-state index is 0.500. The zero-order chi connectivity index (χ0) is 6.85. The van der Waals surface area contributed by atoms with E-state index >= 15 is 0 Å². The van der Waals surface area contributed by atoms with Crippen molar-refractivity contribution in [3.63, 3.8) is 0 Å². The Bertz CT molecular complexity index is 128. The van der Waals surface area contributed by atoms with E-state index in [2.05, 4.69) is 5.32 Å². The molecule has 1 aliphatic heterocycles. The van der Waals surface area contributed by atoms with E-state index in [9.17, 15) is 4.79 Å². The number of aliphatic hydroxyl groups is 1. The maximum atomic E-state index is 10.4. The van der Waals surface area contributed by atoms with Crippen molar-refractivity contribution in [1.29, 1.82) is 0 Å². The predicted molar refractivity (Wildman–Crippen MR) is 33.3 cm³/mol. The van der Waals surface area contributed by atoms with Gasteiger partial charge in [0.05, 0.1) is 6.10 Å². The minimum Gasteiger partial charge on any atom is -0.391 e. The molecule has 4 heteroatoms. The molecule has 0 radical (unpaired) electrons. The molecule has 1 unspecified atom stereocenters. The number of carbonyl (C=O) groups is 1. The third-order valence-electron chi connectivity index (χ3n) is 1.43. The summed E-state index contributed by atoms with van der Waals surface area (Å²) in [6.45, 7) is 0.671. The van der Waals surface area contributed by atoms with Gasteiger partial charge in [-0.25, -0.2) is 0 Å². The second-order valence-corrected chi connectivity index (χ2v) is 2.46. The van der Waals surface area contributed by atoms with E-state index in [-0.39, 0.29) is 0 Å². The summed E-state index contributed by atoms with van der Waals surface area (Å²) in [5.41, 5.74) is 0. The van der Waals surface area contributed by atoms with Crippen LogP contribution in [0.4, 0.5) is 0 Å². The van der Waals surface area contributed by atoms with Crippen LogP contribution in [-0.4, -0.2) is 29.0 Å². The molecular formula is C5H8ClNO2. The van der Waals surface area contributed by atoms with Crippen molar-refractivity contribution in [3.05, 3.63) is 0 Å². The number of rotatable bonds is 1. The summed E-state index contributed by atoms with van der Waals surface area (Å²) in [4.78, 5) is 10.4. The van der Waals surface area contributed by atoms with Crippen LogP contribution in [-0.2, 0) is 4.79 Å². The predicted octanol–water partition coefficient (Wildman–Crippen LogP) is -0.525. The van der Waals surface area contributed by atoms with E-state index in [0.29, 0.717) is 13.0 Å². The summed E-state index contributed by atoms with van der Waals surface area (Å²) in [5, 5.41) is 11.3. The summed E-state index contributed by atoms with van der Waals surface area (Å²) in [5.74, 6) is 0. The van der Waals surface area contributed by atoms with Gasteiger partial charge in [-0.3, -0.25) is 4.79 Å². The summed E-state index contributed by atoms with van der Waals surface area (Å²) in [7, 11) is 0. The third kappa shape index (κ3) is 1.41. The van der Waals surface area contributed by atoms with Crippen molar-refractivity contribution in [3.8, 4) is 0 Å². The summed E-state index contributed by atoms with van der Waals surface area (Å²) < 4.78 is 0. The highest BCUT2D eigenvalue weighted by atomic mass is 35.5. The fourth-order valence-electron chi connectivity index (χ4n) is 0.921. The van der Waals surface area contributed by atoms with Gasteiger partial charge in [0.1, 0.15) is 6.04 Å². The first-order valence-electron chi connectivity index (χ1n) is 2.82. The fourth-order valence-corrected chi connectivity index (χ4v) is 1.14. The Morgan fingerprint density at radius 2 is 2.44 bits per heavy atom. The number of hydrogen-bond acceptors (Lipinski definition) is 3. The van der Waals surface area contributed by atoms with Gasteiger partial charge in [-0.15, -0.1) is 0 Å². The highest BCUT2D eigenvalue weighted by Crippen LogP contribution is 2.08. The Morgan fingerprint density at radius 1 is 1.78 bits per heavy atom. The lowest BCUT2D eigenvalue weighted by Crippen LogP contribution is -2.35. The summed E-state index contributed by atoms with van der Waals surface area (Å²) >= 11 is 5.12. The Kier molecular flexibility index (Phi) is 2.05. The van der Waals surface area contributed by atoms with Crippen LogP contribution in [0.3, 0.4) is 0 Å². The SMILES string of the molecule is O=C(Cl)[C@H]1NCCC1O. The number of carbonyl (C=O) groups excluding carboxylic acids is 1. The molecule has 3 nitrogen and oxygen atoms in total. The number of nitrogens with one attached hydrogen (secondary N) is 1. The zero-order valence-electron chi connectivity index (χ0n) is 4.80. The minimum atomic E-state index is -0.588. The van der Waals surface area contributed by atoms with Crippen molar-refractivity contribution in [2.45, 2.75) is 18.6 Å². The van der Waals surface area contributed by atoms with Crippen LogP contribution in [0.5, 0.6) is 0 Å². The Balaban J connectivity index is 2.49. The average molecular weight is 150 g/mol. The van der Waals surface area contributed by atoms with E-state index in [1.165, 1.54) is 0 Å². The van der Waals surface area contributed by atoms with Crippen LogP contribution < -0.4 is 5.32 Å². The highest BCUT2D eigenvalue weighted by molar-refractivity contribution is 6.64. The molecule has 0 spiro atoms. The van der Waals surface area contributed by atoms with Crippen molar-refractivity contribution >= 4 is 16.8 Å². The van der Waals surface area contributed by atoms with Gasteiger partial charge < -0.3 is 10.4 Å². The van der Waals surface area contributed by atoms with Gasteiger partial charge in [0.15, 0.2) is 0 Å². The molecule has 0 aromatic rings. The molecule has 1 saturated heterocycles. The van der Waals surface area contributed by atoms with Crippen molar-refractivity contribution in [2.75, 3.05) is 6.54 Å². The quantitative estimate of drug-likeness (QED) is 0.493. The first-order chi connectivity index (χ1) is 4.22. The first-order valence-corrected chi connectivity index (χ1v) is 3.20. The molecule has 2 N–H and O–H groups in total. The Hall–Kier alpha value is -0.120. The molecule has 52 valence electrons.